The SMILES string of the molecule is CCCCCC(C)(C)c1ccc(OCCOCCN2CCOCC2)cc1. The van der Waals surface area contributed by atoms with Crippen molar-refractivity contribution in [2.45, 2.75) is 51.9 Å². The number of benzene rings is 1. The molecule has 4 nitrogen and oxygen atoms in total. The van der Waals surface area contributed by atoms with Crippen LogP contribution in [0.1, 0.15) is 52.0 Å². The fourth-order valence-corrected chi connectivity index (χ4v) is 3.30. The molecule has 1 heterocycles. The van der Waals surface area contributed by atoms with Crippen molar-refractivity contribution in [3.8, 4) is 5.75 Å². The van der Waals surface area contributed by atoms with Crippen LogP contribution in [0.5, 0.6) is 5.75 Å². The van der Waals surface area contributed by atoms with Crippen molar-refractivity contribution in [2.75, 3.05) is 52.7 Å². The van der Waals surface area contributed by atoms with Crippen LogP contribution in [0.3, 0.4) is 0 Å². The summed E-state index contributed by atoms with van der Waals surface area (Å²) >= 11 is 0. The molecular weight excluding hydrogens is 326 g/mol. The molecule has 148 valence electrons. The van der Waals surface area contributed by atoms with E-state index in [-0.39, 0.29) is 5.41 Å². The molecular formula is C22H37NO3. The fourth-order valence-electron chi connectivity index (χ4n) is 3.30. The number of rotatable bonds is 12. The number of hydrogen-bond donors (Lipinski definition) is 0. The second-order valence-corrected chi connectivity index (χ2v) is 7.78. The third-order valence-electron chi connectivity index (χ3n) is 5.19. The summed E-state index contributed by atoms with van der Waals surface area (Å²) < 4.78 is 16.8. The minimum Gasteiger partial charge on any atom is -0.491 e. The van der Waals surface area contributed by atoms with E-state index in [9.17, 15) is 0 Å². The number of hydrogen-bond acceptors (Lipinski definition) is 4. The Morgan fingerprint density at radius 1 is 1.00 bits per heavy atom. The third kappa shape index (κ3) is 7.65. The van der Waals surface area contributed by atoms with Crippen LogP contribution in [0, 0.1) is 0 Å². The zero-order valence-electron chi connectivity index (χ0n) is 17.0. The van der Waals surface area contributed by atoms with Gasteiger partial charge in [0.05, 0.1) is 26.4 Å². The zero-order chi connectivity index (χ0) is 18.7. The molecule has 2 rings (SSSR count). The van der Waals surface area contributed by atoms with Crippen LogP contribution in [-0.2, 0) is 14.9 Å². The lowest BCUT2D eigenvalue weighted by Gasteiger charge is -2.26. The molecule has 0 spiro atoms. The molecule has 1 aliphatic rings. The van der Waals surface area contributed by atoms with Crippen molar-refractivity contribution in [3.05, 3.63) is 29.8 Å². The molecule has 1 aromatic rings. The van der Waals surface area contributed by atoms with E-state index < -0.39 is 0 Å². The zero-order valence-corrected chi connectivity index (χ0v) is 17.0. The highest BCUT2D eigenvalue weighted by Crippen LogP contribution is 2.30. The molecule has 0 amide bonds. The van der Waals surface area contributed by atoms with Crippen LogP contribution in [0.2, 0.25) is 0 Å². The number of morpholine rings is 1. The first kappa shape index (κ1) is 21.2. The highest BCUT2D eigenvalue weighted by Gasteiger charge is 2.19. The number of ether oxygens (including phenoxy) is 3. The summed E-state index contributed by atoms with van der Waals surface area (Å²) in [7, 11) is 0. The standard InChI is InChI=1S/C22H37NO3/c1-4-5-6-11-22(2,3)20-7-9-21(10-8-20)26-19-18-25-17-14-23-12-15-24-16-13-23/h7-10H,4-6,11-19H2,1-3H3. The van der Waals surface area contributed by atoms with E-state index in [1.807, 2.05) is 0 Å². The monoisotopic (exact) mass is 363 g/mol. The van der Waals surface area contributed by atoms with Crippen molar-refractivity contribution >= 4 is 0 Å². The molecule has 0 unspecified atom stereocenters. The summed E-state index contributed by atoms with van der Waals surface area (Å²) in [5, 5.41) is 0. The molecule has 0 atom stereocenters. The Labute approximate surface area is 159 Å². The van der Waals surface area contributed by atoms with Crippen molar-refractivity contribution < 1.29 is 14.2 Å². The Kier molecular flexibility index (Phi) is 9.44. The van der Waals surface area contributed by atoms with Gasteiger partial charge in [-0.1, -0.05) is 52.2 Å². The molecule has 1 aromatic carbocycles. The van der Waals surface area contributed by atoms with Gasteiger partial charge in [0.2, 0.25) is 0 Å². The Morgan fingerprint density at radius 3 is 2.42 bits per heavy atom. The average Bonchev–Trinajstić information content (AvgIpc) is 2.66. The van der Waals surface area contributed by atoms with Crippen LogP contribution < -0.4 is 4.74 Å². The van der Waals surface area contributed by atoms with Crippen molar-refractivity contribution in [3.63, 3.8) is 0 Å². The molecule has 0 aromatic heterocycles. The topological polar surface area (TPSA) is 30.9 Å². The highest BCUT2D eigenvalue weighted by atomic mass is 16.5. The van der Waals surface area contributed by atoms with Gasteiger partial charge in [-0.25, -0.2) is 0 Å². The summed E-state index contributed by atoms with van der Waals surface area (Å²) in [5.74, 6) is 0.926. The van der Waals surface area contributed by atoms with Gasteiger partial charge in [0.1, 0.15) is 12.4 Å². The average molecular weight is 364 g/mol. The molecule has 4 heteroatoms. The molecule has 0 saturated carbocycles. The summed E-state index contributed by atoms with van der Waals surface area (Å²) in [6.45, 7) is 13.6. The first-order valence-electron chi connectivity index (χ1n) is 10.2. The third-order valence-corrected chi connectivity index (χ3v) is 5.19. The maximum absolute atomic E-state index is 5.81. The number of unbranched alkanes of at least 4 members (excludes halogenated alkanes) is 2. The molecule has 1 fully saturated rings. The molecule has 1 aliphatic heterocycles. The van der Waals surface area contributed by atoms with E-state index in [0.717, 1.165) is 45.2 Å². The first-order valence-corrected chi connectivity index (χ1v) is 10.2. The maximum Gasteiger partial charge on any atom is 0.119 e. The van der Waals surface area contributed by atoms with Crippen molar-refractivity contribution in [1.82, 2.24) is 4.90 Å². The van der Waals surface area contributed by atoms with Crippen LogP contribution in [-0.4, -0.2) is 57.6 Å². The smallest absolute Gasteiger partial charge is 0.119 e. The van der Waals surface area contributed by atoms with Crippen LogP contribution in [0.4, 0.5) is 0 Å². The van der Waals surface area contributed by atoms with Gasteiger partial charge >= 0.3 is 0 Å². The van der Waals surface area contributed by atoms with Gasteiger partial charge < -0.3 is 14.2 Å². The van der Waals surface area contributed by atoms with Crippen LogP contribution in [0.15, 0.2) is 24.3 Å². The van der Waals surface area contributed by atoms with Crippen LogP contribution >= 0.6 is 0 Å². The molecule has 0 radical (unpaired) electrons. The van der Waals surface area contributed by atoms with E-state index in [1.54, 1.807) is 0 Å². The van der Waals surface area contributed by atoms with E-state index in [1.165, 1.54) is 31.2 Å². The van der Waals surface area contributed by atoms with Gasteiger partial charge in [-0.05, 0) is 29.5 Å². The normalized spacial score (nSPS) is 16.0. The minimum atomic E-state index is 0.232. The summed E-state index contributed by atoms with van der Waals surface area (Å²) in [4.78, 5) is 2.38. The Bertz CT molecular complexity index is 481. The Hall–Kier alpha value is -1.10. The van der Waals surface area contributed by atoms with E-state index in [0.29, 0.717) is 13.2 Å². The summed E-state index contributed by atoms with van der Waals surface area (Å²) in [6.07, 6.45) is 5.12. The van der Waals surface area contributed by atoms with Gasteiger partial charge in [0, 0.05) is 19.6 Å². The number of nitrogens with zero attached hydrogens (tertiary/aromatic N) is 1. The van der Waals surface area contributed by atoms with Crippen molar-refractivity contribution in [1.29, 1.82) is 0 Å². The molecule has 1 saturated heterocycles. The van der Waals surface area contributed by atoms with Gasteiger partial charge in [-0.3, -0.25) is 4.90 Å². The summed E-state index contributed by atoms with van der Waals surface area (Å²) in [5.41, 5.74) is 1.62. The van der Waals surface area contributed by atoms with Gasteiger partial charge in [0.25, 0.3) is 0 Å². The predicted octanol–water partition coefficient (Wildman–Crippen LogP) is 4.27. The summed E-state index contributed by atoms with van der Waals surface area (Å²) in [6, 6.07) is 8.59. The quantitative estimate of drug-likeness (QED) is 0.519. The highest BCUT2D eigenvalue weighted by molar-refractivity contribution is 5.31. The maximum atomic E-state index is 5.81. The molecule has 0 bridgehead atoms. The first-order chi connectivity index (χ1) is 12.6. The minimum absolute atomic E-state index is 0.232. The Balaban J connectivity index is 1.61. The van der Waals surface area contributed by atoms with E-state index >= 15 is 0 Å². The van der Waals surface area contributed by atoms with E-state index in [2.05, 4.69) is 49.9 Å². The largest absolute Gasteiger partial charge is 0.491 e. The van der Waals surface area contributed by atoms with Gasteiger partial charge in [-0.2, -0.15) is 0 Å². The Morgan fingerprint density at radius 2 is 1.73 bits per heavy atom. The second-order valence-electron chi connectivity index (χ2n) is 7.78. The van der Waals surface area contributed by atoms with Gasteiger partial charge in [-0.15, -0.1) is 0 Å². The fraction of sp³-hybridized carbons (Fsp3) is 0.727. The predicted molar refractivity (Wildman–Crippen MR) is 107 cm³/mol. The lowest BCUT2D eigenvalue weighted by molar-refractivity contribution is 0.0170. The van der Waals surface area contributed by atoms with E-state index in [4.69, 9.17) is 14.2 Å². The lowest BCUT2D eigenvalue weighted by atomic mass is 9.80. The molecule has 0 N–H and O–H groups in total. The van der Waals surface area contributed by atoms with Gasteiger partial charge in [0.15, 0.2) is 0 Å². The lowest BCUT2D eigenvalue weighted by Crippen LogP contribution is -2.38. The van der Waals surface area contributed by atoms with Crippen molar-refractivity contribution in [2.24, 2.45) is 0 Å². The molecule has 0 aliphatic carbocycles. The van der Waals surface area contributed by atoms with Crippen LogP contribution in [0.25, 0.3) is 0 Å². The molecule has 26 heavy (non-hydrogen) atoms. The second kappa shape index (κ2) is 11.6.